The molecule has 2 aliphatic rings. The van der Waals surface area contributed by atoms with E-state index in [1.807, 2.05) is 0 Å². The van der Waals surface area contributed by atoms with E-state index in [2.05, 4.69) is 42.8 Å². The first-order chi connectivity index (χ1) is 8.56. The Labute approximate surface area is 126 Å². The first-order valence-corrected chi connectivity index (χ1v) is 8.38. The molecule has 18 heavy (non-hydrogen) atoms. The van der Waals surface area contributed by atoms with Gasteiger partial charge in [-0.05, 0) is 57.2 Å². The lowest BCUT2D eigenvalue weighted by molar-refractivity contribution is -0.142. The molecule has 0 spiro atoms. The number of fused-ring (bicyclic) bond motifs is 2. The van der Waals surface area contributed by atoms with Crippen LogP contribution in [-0.2, 0) is 11.3 Å². The van der Waals surface area contributed by atoms with Crippen LogP contribution in [-0.4, -0.2) is 28.1 Å². The Hall–Kier alpha value is 0.0900. The Bertz CT molecular complexity index is 471. The van der Waals surface area contributed by atoms with Crippen LogP contribution in [0.4, 0.5) is 0 Å². The maximum Gasteiger partial charge on any atom is 0.308 e. The van der Waals surface area contributed by atoms with Crippen LogP contribution in [0.15, 0.2) is 14.3 Å². The van der Waals surface area contributed by atoms with Gasteiger partial charge in [0, 0.05) is 28.0 Å². The second-order valence-corrected chi connectivity index (χ2v) is 8.29. The smallest absolute Gasteiger partial charge is 0.308 e. The Morgan fingerprint density at radius 2 is 2.28 bits per heavy atom. The van der Waals surface area contributed by atoms with Gasteiger partial charge in [-0.15, -0.1) is 11.3 Å². The molecular weight excluding hydrogens is 382 g/mol. The maximum atomic E-state index is 11.2. The highest BCUT2D eigenvalue weighted by atomic mass is 79.9. The van der Waals surface area contributed by atoms with Crippen molar-refractivity contribution in [3.63, 3.8) is 0 Å². The first-order valence-electron chi connectivity index (χ1n) is 5.98. The minimum atomic E-state index is -0.624. The minimum absolute atomic E-state index is 0.157. The number of nitrogens with zero attached hydrogens (tertiary/aromatic N) is 1. The molecule has 98 valence electrons. The molecule has 0 aromatic carbocycles. The molecule has 6 heteroatoms. The summed E-state index contributed by atoms with van der Waals surface area (Å²) in [6.07, 6.45) is 3.02. The van der Waals surface area contributed by atoms with Crippen LogP contribution in [0, 0.1) is 5.92 Å². The van der Waals surface area contributed by atoms with Crippen molar-refractivity contribution < 1.29 is 9.90 Å². The van der Waals surface area contributed by atoms with Crippen molar-refractivity contribution in [1.82, 2.24) is 4.90 Å². The van der Waals surface area contributed by atoms with E-state index in [1.165, 1.54) is 4.88 Å². The third-order valence-electron chi connectivity index (χ3n) is 4.03. The molecule has 2 bridgehead atoms. The van der Waals surface area contributed by atoms with Crippen LogP contribution < -0.4 is 0 Å². The van der Waals surface area contributed by atoms with Gasteiger partial charge in [0.05, 0.1) is 9.70 Å². The van der Waals surface area contributed by atoms with Gasteiger partial charge in [0.2, 0.25) is 0 Å². The van der Waals surface area contributed by atoms with Gasteiger partial charge in [-0.25, -0.2) is 0 Å². The van der Waals surface area contributed by atoms with Gasteiger partial charge in [-0.3, -0.25) is 9.69 Å². The fraction of sp³-hybridized carbons (Fsp3) is 0.583. The summed E-state index contributed by atoms with van der Waals surface area (Å²) in [4.78, 5) is 14.9. The molecule has 0 amide bonds. The van der Waals surface area contributed by atoms with Crippen LogP contribution in [0.1, 0.15) is 24.1 Å². The summed E-state index contributed by atoms with van der Waals surface area (Å²) < 4.78 is 2.20. The predicted molar refractivity (Wildman–Crippen MR) is 77.8 cm³/mol. The number of hydrogen-bond donors (Lipinski definition) is 1. The van der Waals surface area contributed by atoms with Crippen molar-refractivity contribution in [1.29, 1.82) is 0 Å². The predicted octanol–water partition coefficient (Wildman–Crippen LogP) is 3.71. The Morgan fingerprint density at radius 3 is 2.83 bits per heavy atom. The molecule has 3 atom stereocenters. The Kier molecular flexibility index (Phi) is 3.55. The molecule has 3 unspecified atom stereocenters. The highest BCUT2D eigenvalue weighted by molar-refractivity contribution is 9.13. The topological polar surface area (TPSA) is 40.5 Å². The summed E-state index contributed by atoms with van der Waals surface area (Å²) in [5.74, 6) is -0.781. The molecule has 1 aromatic heterocycles. The van der Waals surface area contributed by atoms with Crippen LogP contribution in [0.2, 0.25) is 0 Å². The third-order valence-corrected chi connectivity index (χ3v) is 7.27. The second-order valence-electron chi connectivity index (χ2n) is 4.99. The SMILES string of the molecule is O=C(O)C1CC2CCC1N2Cc1cc(Br)c(Br)s1. The summed E-state index contributed by atoms with van der Waals surface area (Å²) in [7, 11) is 0. The van der Waals surface area contributed by atoms with Gasteiger partial charge < -0.3 is 5.11 Å². The molecule has 1 N–H and O–H groups in total. The van der Waals surface area contributed by atoms with Gasteiger partial charge in [0.15, 0.2) is 0 Å². The van der Waals surface area contributed by atoms with Crippen molar-refractivity contribution in [3.05, 3.63) is 19.2 Å². The number of carboxylic acids is 1. The zero-order chi connectivity index (χ0) is 12.9. The minimum Gasteiger partial charge on any atom is -0.481 e. The highest BCUT2D eigenvalue weighted by Gasteiger charge is 2.49. The summed E-state index contributed by atoms with van der Waals surface area (Å²) in [5.41, 5.74) is 0. The molecule has 3 heterocycles. The van der Waals surface area contributed by atoms with E-state index < -0.39 is 5.97 Å². The fourth-order valence-electron chi connectivity index (χ4n) is 3.26. The van der Waals surface area contributed by atoms with Gasteiger partial charge in [0.25, 0.3) is 0 Å². The van der Waals surface area contributed by atoms with Crippen molar-refractivity contribution >= 4 is 49.2 Å². The van der Waals surface area contributed by atoms with Gasteiger partial charge in [-0.2, -0.15) is 0 Å². The molecule has 1 aromatic rings. The number of hydrogen-bond acceptors (Lipinski definition) is 3. The third kappa shape index (κ3) is 2.17. The van der Waals surface area contributed by atoms with Gasteiger partial charge >= 0.3 is 5.97 Å². The van der Waals surface area contributed by atoms with Crippen LogP contribution in [0.5, 0.6) is 0 Å². The average molecular weight is 395 g/mol. The number of thiophene rings is 1. The number of aliphatic carboxylic acids is 1. The molecule has 2 saturated heterocycles. The summed E-state index contributed by atoms with van der Waals surface area (Å²) in [6.45, 7) is 0.883. The normalized spacial score (nSPS) is 31.1. The van der Waals surface area contributed by atoms with Gasteiger partial charge in [-0.1, -0.05) is 0 Å². The van der Waals surface area contributed by atoms with E-state index in [9.17, 15) is 9.90 Å². The average Bonchev–Trinajstić information content (AvgIpc) is 2.95. The molecule has 0 aliphatic carbocycles. The van der Waals surface area contributed by atoms with Crippen molar-refractivity contribution in [2.24, 2.45) is 5.92 Å². The molecule has 3 nitrogen and oxygen atoms in total. The van der Waals surface area contributed by atoms with Crippen LogP contribution >= 0.6 is 43.2 Å². The van der Waals surface area contributed by atoms with Crippen LogP contribution in [0.3, 0.4) is 0 Å². The molecule has 3 rings (SSSR count). The zero-order valence-electron chi connectivity index (χ0n) is 9.60. The van der Waals surface area contributed by atoms with E-state index in [0.29, 0.717) is 6.04 Å². The van der Waals surface area contributed by atoms with Crippen molar-refractivity contribution in [2.75, 3.05) is 0 Å². The molecule has 0 radical (unpaired) electrons. The molecular formula is C12H13Br2NO2S. The lowest BCUT2D eigenvalue weighted by atomic mass is 9.89. The number of carboxylic acid groups (broad SMARTS) is 1. The molecule has 2 aliphatic heterocycles. The molecule has 2 fully saturated rings. The lowest BCUT2D eigenvalue weighted by Gasteiger charge is -2.21. The standard InChI is InChI=1S/C12H13Br2NO2S/c13-9-4-7(18-11(9)14)5-15-6-1-2-10(15)8(3-6)12(16)17/h4,6,8,10H,1-3,5H2,(H,16,17). The number of rotatable bonds is 3. The second kappa shape index (κ2) is 4.89. The zero-order valence-corrected chi connectivity index (χ0v) is 13.6. The maximum absolute atomic E-state index is 11.2. The summed E-state index contributed by atoms with van der Waals surface area (Å²) >= 11 is 8.73. The van der Waals surface area contributed by atoms with Gasteiger partial charge in [0.1, 0.15) is 0 Å². The lowest BCUT2D eigenvalue weighted by Crippen LogP contribution is -2.32. The highest BCUT2D eigenvalue weighted by Crippen LogP contribution is 2.44. The van der Waals surface area contributed by atoms with E-state index in [0.717, 1.165) is 34.1 Å². The van der Waals surface area contributed by atoms with Crippen molar-refractivity contribution in [2.45, 2.75) is 37.9 Å². The Morgan fingerprint density at radius 1 is 1.50 bits per heavy atom. The van der Waals surface area contributed by atoms with Crippen molar-refractivity contribution in [3.8, 4) is 0 Å². The van der Waals surface area contributed by atoms with E-state index in [1.54, 1.807) is 11.3 Å². The first kappa shape index (κ1) is 13.1. The monoisotopic (exact) mass is 393 g/mol. The fourth-order valence-corrected chi connectivity index (χ4v) is 5.45. The quantitative estimate of drug-likeness (QED) is 0.849. The van der Waals surface area contributed by atoms with Crippen LogP contribution in [0.25, 0.3) is 0 Å². The summed E-state index contributed by atoms with van der Waals surface area (Å²) in [5, 5.41) is 9.23. The van der Waals surface area contributed by atoms with E-state index in [4.69, 9.17) is 0 Å². The van der Waals surface area contributed by atoms with E-state index >= 15 is 0 Å². The number of carbonyl (C=O) groups is 1. The molecule has 0 saturated carbocycles. The van der Waals surface area contributed by atoms with E-state index in [-0.39, 0.29) is 12.0 Å². The Balaban J connectivity index is 1.76. The summed E-state index contributed by atoms with van der Waals surface area (Å²) in [6, 6.07) is 2.84. The number of halogens is 2. The largest absolute Gasteiger partial charge is 0.481 e.